The molecule has 0 bridgehead atoms. The molecule has 0 aromatic heterocycles. The first-order chi connectivity index (χ1) is 9.43. The topological polar surface area (TPSA) is 58.7 Å². The first-order valence-electron chi connectivity index (χ1n) is 6.19. The molecule has 0 unspecified atom stereocenters. The van der Waals surface area contributed by atoms with Crippen LogP contribution >= 0.6 is 0 Å². The van der Waals surface area contributed by atoms with E-state index in [1.807, 2.05) is 0 Å². The van der Waals surface area contributed by atoms with Crippen LogP contribution in [0.15, 0.2) is 18.2 Å². The van der Waals surface area contributed by atoms with Gasteiger partial charge >= 0.3 is 6.18 Å². The number of aliphatic hydroxyl groups excluding tert-OH is 1. The minimum atomic E-state index is -4.47. The van der Waals surface area contributed by atoms with Gasteiger partial charge in [-0.05, 0) is 17.7 Å². The standard InChI is InChI=1S/C13H19F3N2O2/c1-20-7-5-18(4-6-19)12-3-2-10(9-17)8-11(12)13(14,15)16/h2-3,8,19H,4-7,9,17H2,1H3. The van der Waals surface area contributed by atoms with Crippen molar-refractivity contribution in [2.24, 2.45) is 5.73 Å². The second-order valence-corrected chi connectivity index (χ2v) is 4.26. The summed E-state index contributed by atoms with van der Waals surface area (Å²) in [6.07, 6.45) is -4.47. The molecule has 7 heteroatoms. The van der Waals surface area contributed by atoms with Gasteiger partial charge in [0.1, 0.15) is 0 Å². The van der Waals surface area contributed by atoms with Gasteiger partial charge in [-0.25, -0.2) is 0 Å². The normalized spacial score (nSPS) is 11.7. The van der Waals surface area contributed by atoms with Crippen molar-refractivity contribution in [3.05, 3.63) is 29.3 Å². The average Bonchev–Trinajstić information content (AvgIpc) is 2.42. The third kappa shape index (κ3) is 4.36. The fourth-order valence-electron chi connectivity index (χ4n) is 1.89. The highest BCUT2D eigenvalue weighted by molar-refractivity contribution is 5.56. The second kappa shape index (κ2) is 7.47. The van der Waals surface area contributed by atoms with E-state index < -0.39 is 11.7 Å². The van der Waals surface area contributed by atoms with Crippen molar-refractivity contribution in [2.75, 3.05) is 38.3 Å². The lowest BCUT2D eigenvalue weighted by atomic mass is 10.1. The second-order valence-electron chi connectivity index (χ2n) is 4.26. The molecule has 114 valence electrons. The number of anilines is 1. The lowest BCUT2D eigenvalue weighted by Gasteiger charge is -2.27. The molecule has 0 spiro atoms. The lowest BCUT2D eigenvalue weighted by molar-refractivity contribution is -0.137. The Balaban J connectivity index is 3.18. The van der Waals surface area contributed by atoms with Crippen LogP contribution in [0.3, 0.4) is 0 Å². The molecule has 0 heterocycles. The van der Waals surface area contributed by atoms with Crippen molar-refractivity contribution < 1.29 is 23.0 Å². The molecule has 0 aliphatic carbocycles. The Morgan fingerprint density at radius 2 is 2.00 bits per heavy atom. The monoisotopic (exact) mass is 292 g/mol. The molecule has 3 N–H and O–H groups in total. The number of benzene rings is 1. The van der Waals surface area contributed by atoms with Gasteiger partial charge < -0.3 is 20.5 Å². The van der Waals surface area contributed by atoms with Gasteiger partial charge in [0.2, 0.25) is 0 Å². The summed E-state index contributed by atoms with van der Waals surface area (Å²) in [5, 5.41) is 9.01. The molecule has 0 fully saturated rings. The quantitative estimate of drug-likeness (QED) is 0.801. The summed E-state index contributed by atoms with van der Waals surface area (Å²) < 4.78 is 44.3. The minimum absolute atomic E-state index is 0.0285. The maximum atomic E-state index is 13.1. The van der Waals surface area contributed by atoms with E-state index in [2.05, 4.69) is 0 Å². The van der Waals surface area contributed by atoms with E-state index in [1.54, 1.807) is 6.07 Å². The van der Waals surface area contributed by atoms with Crippen molar-refractivity contribution >= 4 is 5.69 Å². The fourth-order valence-corrected chi connectivity index (χ4v) is 1.89. The number of rotatable bonds is 7. The largest absolute Gasteiger partial charge is 0.418 e. The summed E-state index contributed by atoms with van der Waals surface area (Å²) in [5.74, 6) is 0. The number of halogens is 3. The van der Waals surface area contributed by atoms with E-state index in [0.717, 1.165) is 6.07 Å². The first kappa shape index (κ1) is 16.7. The van der Waals surface area contributed by atoms with E-state index in [1.165, 1.54) is 18.1 Å². The predicted molar refractivity (Wildman–Crippen MR) is 70.5 cm³/mol. The molecule has 1 aromatic carbocycles. The molecule has 0 radical (unpaired) electrons. The zero-order valence-electron chi connectivity index (χ0n) is 11.3. The van der Waals surface area contributed by atoms with Crippen LogP contribution in [0.2, 0.25) is 0 Å². The van der Waals surface area contributed by atoms with Gasteiger partial charge in [0.15, 0.2) is 0 Å². The van der Waals surface area contributed by atoms with Crippen LogP contribution in [0.1, 0.15) is 11.1 Å². The van der Waals surface area contributed by atoms with Crippen LogP contribution < -0.4 is 10.6 Å². The third-order valence-corrected chi connectivity index (χ3v) is 2.88. The van der Waals surface area contributed by atoms with E-state index >= 15 is 0 Å². The molecule has 1 rings (SSSR count). The molecule has 0 amide bonds. The summed E-state index contributed by atoms with van der Waals surface area (Å²) in [5.41, 5.74) is 5.08. The van der Waals surface area contributed by atoms with Gasteiger partial charge in [-0.15, -0.1) is 0 Å². The SMILES string of the molecule is COCCN(CCO)c1ccc(CN)cc1C(F)(F)F. The summed E-state index contributed by atoms with van der Waals surface area (Å²) in [6, 6.07) is 3.99. The molecule has 0 aliphatic heterocycles. The zero-order valence-corrected chi connectivity index (χ0v) is 11.3. The zero-order chi connectivity index (χ0) is 15.2. The smallest absolute Gasteiger partial charge is 0.395 e. The van der Waals surface area contributed by atoms with Crippen LogP contribution in [0.25, 0.3) is 0 Å². The highest BCUT2D eigenvalue weighted by Gasteiger charge is 2.35. The van der Waals surface area contributed by atoms with Crippen molar-refractivity contribution in [2.45, 2.75) is 12.7 Å². The van der Waals surface area contributed by atoms with Gasteiger partial charge in [-0.3, -0.25) is 0 Å². The Bertz CT molecular complexity index is 425. The number of aliphatic hydroxyl groups is 1. The van der Waals surface area contributed by atoms with E-state index in [4.69, 9.17) is 15.6 Å². The molecule has 0 atom stereocenters. The van der Waals surface area contributed by atoms with Crippen molar-refractivity contribution in [3.63, 3.8) is 0 Å². The minimum Gasteiger partial charge on any atom is -0.395 e. The number of ether oxygens (including phenoxy) is 1. The predicted octanol–water partition coefficient (Wildman–Crippen LogP) is 1.61. The fraction of sp³-hybridized carbons (Fsp3) is 0.538. The van der Waals surface area contributed by atoms with Crippen LogP contribution in [0.4, 0.5) is 18.9 Å². The number of hydrogen-bond donors (Lipinski definition) is 2. The van der Waals surface area contributed by atoms with Crippen molar-refractivity contribution in [1.82, 2.24) is 0 Å². The van der Waals surface area contributed by atoms with Crippen LogP contribution in [0.5, 0.6) is 0 Å². The summed E-state index contributed by atoms with van der Waals surface area (Å²) in [4.78, 5) is 1.45. The number of nitrogens with two attached hydrogens (primary N) is 1. The molecule has 20 heavy (non-hydrogen) atoms. The Kier molecular flexibility index (Phi) is 6.25. The molecular formula is C13H19F3N2O2. The number of hydrogen-bond acceptors (Lipinski definition) is 4. The molecule has 0 saturated carbocycles. The number of alkyl halides is 3. The summed E-state index contributed by atoms with van der Waals surface area (Å²) in [7, 11) is 1.47. The highest BCUT2D eigenvalue weighted by atomic mass is 19.4. The Hall–Kier alpha value is -1.31. The van der Waals surface area contributed by atoms with E-state index in [9.17, 15) is 13.2 Å². The first-order valence-corrected chi connectivity index (χ1v) is 6.19. The summed E-state index contributed by atoms with van der Waals surface area (Å²) >= 11 is 0. The van der Waals surface area contributed by atoms with Gasteiger partial charge in [0, 0.05) is 32.4 Å². The van der Waals surface area contributed by atoms with E-state index in [0.29, 0.717) is 5.56 Å². The average molecular weight is 292 g/mol. The maximum Gasteiger partial charge on any atom is 0.418 e. The van der Waals surface area contributed by atoms with Gasteiger partial charge in [0.25, 0.3) is 0 Å². The van der Waals surface area contributed by atoms with Gasteiger partial charge in [0.05, 0.1) is 18.8 Å². The summed E-state index contributed by atoms with van der Waals surface area (Å²) in [6.45, 7) is 0.452. The van der Waals surface area contributed by atoms with Crippen LogP contribution in [0, 0.1) is 0 Å². The Morgan fingerprint density at radius 1 is 1.30 bits per heavy atom. The van der Waals surface area contributed by atoms with Gasteiger partial charge in [-0.2, -0.15) is 13.2 Å². The number of nitrogens with zero attached hydrogens (tertiary/aromatic N) is 1. The molecular weight excluding hydrogens is 273 g/mol. The molecule has 4 nitrogen and oxygen atoms in total. The molecule has 0 aliphatic rings. The van der Waals surface area contributed by atoms with Gasteiger partial charge in [-0.1, -0.05) is 6.07 Å². The van der Waals surface area contributed by atoms with E-state index in [-0.39, 0.29) is 38.5 Å². The Morgan fingerprint density at radius 3 is 2.50 bits per heavy atom. The number of methoxy groups -OCH3 is 1. The maximum absolute atomic E-state index is 13.1. The highest BCUT2D eigenvalue weighted by Crippen LogP contribution is 2.37. The van der Waals surface area contributed by atoms with Crippen LogP contribution in [-0.2, 0) is 17.5 Å². The molecule has 0 saturated heterocycles. The molecule has 1 aromatic rings. The third-order valence-electron chi connectivity index (χ3n) is 2.88. The van der Waals surface area contributed by atoms with Crippen LogP contribution in [-0.4, -0.2) is 38.5 Å². The van der Waals surface area contributed by atoms with Crippen molar-refractivity contribution in [1.29, 1.82) is 0 Å². The van der Waals surface area contributed by atoms with Crippen molar-refractivity contribution in [3.8, 4) is 0 Å². The Labute approximate surface area is 115 Å². The lowest BCUT2D eigenvalue weighted by Crippen LogP contribution is -2.32.